The van der Waals surface area contributed by atoms with Gasteiger partial charge >= 0.3 is 0 Å². The van der Waals surface area contributed by atoms with Gasteiger partial charge in [-0.15, -0.1) is 0 Å². The standard InChI is InChI=1S/2C13H13N5/c1-9-2-4-10(5-3-9)6-14-12-11-13(16-7-15-11)18-8-17-12;1-9-3-2-4-10(5-9)6-14-12-11-13(16-7-15-11)18-8-17-12/h2*2-5,7-8H,6H2,1H3,(H2,14,15,16,17,18). The summed E-state index contributed by atoms with van der Waals surface area (Å²) in [6.07, 6.45) is 6.27. The van der Waals surface area contributed by atoms with Crippen molar-refractivity contribution in [2.75, 3.05) is 10.6 Å². The average molecular weight is 479 g/mol. The second-order valence-electron chi connectivity index (χ2n) is 8.33. The zero-order valence-electron chi connectivity index (χ0n) is 20.0. The number of rotatable bonds is 6. The molecule has 0 bridgehead atoms. The summed E-state index contributed by atoms with van der Waals surface area (Å²) >= 11 is 0. The summed E-state index contributed by atoms with van der Waals surface area (Å²) < 4.78 is 0. The van der Waals surface area contributed by atoms with E-state index in [1.807, 2.05) is 0 Å². The zero-order valence-corrected chi connectivity index (χ0v) is 20.0. The van der Waals surface area contributed by atoms with Crippen molar-refractivity contribution >= 4 is 34.0 Å². The number of aromatic nitrogens is 8. The molecule has 4 N–H and O–H groups in total. The summed E-state index contributed by atoms with van der Waals surface area (Å²) in [4.78, 5) is 30.9. The van der Waals surface area contributed by atoms with Crippen LogP contribution in [0.3, 0.4) is 0 Å². The van der Waals surface area contributed by atoms with Crippen LogP contribution in [0.1, 0.15) is 22.3 Å². The summed E-state index contributed by atoms with van der Waals surface area (Å²) in [7, 11) is 0. The Hall–Kier alpha value is -4.86. The monoisotopic (exact) mass is 478 g/mol. The van der Waals surface area contributed by atoms with Crippen LogP contribution in [0.5, 0.6) is 0 Å². The quantitative estimate of drug-likeness (QED) is 0.274. The molecule has 0 saturated heterocycles. The van der Waals surface area contributed by atoms with Crippen molar-refractivity contribution in [3.63, 3.8) is 0 Å². The molecule has 6 aromatic rings. The Balaban J connectivity index is 0.000000148. The van der Waals surface area contributed by atoms with Gasteiger partial charge in [-0.1, -0.05) is 59.7 Å². The van der Waals surface area contributed by atoms with E-state index >= 15 is 0 Å². The van der Waals surface area contributed by atoms with Crippen LogP contribution in [0.4, 0.5) is 11.6 Å². The van der Waals surface area contributed by atoms with Crippen LogP contribution in [0.2, 0.25) is 0 Å². The predicted molar refractivity (Wildman–Crippen MR) is 140 cm³/mol. The molecule has 0 unspecified atom stereocenters. The second-order valence-corrected chi connectivity index (χ2v) is 8.33. The SMILES string of the molecule is Cc1ccc(CNc2ncnc3nc[nH]c23)cc1.Cc1cccc(CNc2ncnc3nc[nH]c23)c1. The number of aryl methyl sites for hydroxylation is 2. The molecule has 180 valence electrons. The molecule has 10 nitrogen and oxygen atoms in total. The molecule has 0 spiro atoms. The number of aromatic amines is 2. The molecule has 0 saturated carbocycles. The first kappa shape index (κ1) is 22.9. The lowest BCUT2D eigenvalue weighted by Gasteiger charge is -2.06. The fraction of sp³-hybridized carbons (Fsp3) is 0.154. The van der Waals surface area contributed by atoms with Gasteiger partial charge in [0.25, 0.3) is 0 Å². The van der Waals surface area contributed by atoms with Crippen molar-refractivity contribution in [3.05, 3.63) is 96.1 Å². The minimum Gasteiger partial charge on any atom is -0.364 e. The van der Waals surface area contributed by atoms with Crippen LogP contribution < -0.4 is 10.6 Å². The molecule has 4 aromatic heterocycles. The Morgan fingerprint density at radius 1 is 0.611 bits per heavy atom. The molecule has 0 aliphatic carbocycles. The highest BCUT2D eigenvalue weighted by atomic mass is 15.1. The second kappa shape index (κ2) is 10.6. The number of imidazole rings is 2. The van der Waals surface area contributed by atoms with Crippen molar-refractivity contribution in [1.29, 1.82) is 0 Å². The minimum absolute atomic E-state index is 0.677. The molecule has 36 heavy (non-hydrogen) atoms. The van der Waals surface area contributed by atoms with Gasteiger partial charge in [-0.25, -0.2) is 29.9 Å². The number of nitrogens with one attached hydrogen (secondary N) is 4. The molecular formula is C26H26N10. The molecule has 6 rings (SSSR count). The highest BCUT2D eigenvalue weighted by Gasteiger charge is 2.06. The molecule has 0 atom stereocenters. The van der Waals surface area contributed by atoms with E-state index in [1.165, 1.54) is 34.9 Å². The van der Waals surface area contributed by atoms with Gasteiger partial charge in [0.1, 0.15) is 23.7 Å². The summed E-state index contributed by atoms with van der Waals surface area (Å²) in [6, 6.07) is 16.8. The topological polar surface area (TPSA) is 133 Å². The third-order valence-electron chi connectivity index (χ3n) is 5.57. The van der Waals surface area contributed by atoms with E-state index in [4.69, 9.17) is 0 Å². The van der Waals surface area contributed by atoms with Gasteiger partial charge in [0.15, 0.2) is 22.9 Å². The van der Waals surface area contributed by atoms with Crippen LogP contribution >= 0.6 is 0 Å². The van der Waals surface area contributed by atoms with E-state index in [1.54, 1.807) is 12.7 Å². The van der Waals surface area contributed by atoms with E-state index in [-0.39, 0.29) is 0 Å². The number of nitrogens with zero attached hydrogens (tertiary/aromatic N) is 6. The maximum atomic E-state index is 4.22. The molecule has 2 aromatic carbocycles. The molecule has 0 fully saturated rings. The van der Waals surface area contributed by atoms with Crippen LogP contribution in [0.25, 0.3) is 22.3 Å². The Kier molecular flexibility index (Phi) is 6.74. The number of anilines is 2. The van der Waals surface area contributed by atoms with Gasteiger partial charge in [-0.05, 0) is 25.0 Å². The van der Waals surface area contributed by atoms with Crippen LogP contribution in [0.15, 0.2) is 73.8 Å². The Bertz CT molecular complexity index is 1570. The first-order valence-electron chi connectivity index (χ1n) is 11.5. The van der Waals surface area contributed by atoms with Gasteiger partial charge < -0.3 is 20.6 Å². The summed E-state index contributed by atoms with van der Waals surface area (Å²) in [5, 5.41) is 6.58. The number of hydrogen-bond donors (Lipinski definition) is 4. The lowest BCUT2D eigenvalue weighted by atomic mass is 10.1. The molecule has 4 heterocycles. The lowest BCUT2D eigenvalue weighted by molar-refractivity contribution is 1.09. The fourth-order valence-electron chi connectivity index (χ4n) is 3.70. The van der Waals surface area contributed by atoms with E-state index in [9.17, 15) is 0 Å². The third-order valence-corrected chi connectivity index (χ3v) is 5.57. The number of benzene rings is 2. The van der Waals surface area contributed by atoms with Crippen LogP contribution in [-0.2, 0) is 13.1 Å². The average Bonchev–Trinajstić information content (AvgIpc) is 3.58. The van der Waals surface area contributed by atoms with Crippen LogP contribution in [-0.4, -0.2) is 39.9 Å². The number of fused-ring (bicyclic) bond motifs is 2. The number of hydrogen-bond acceptors (Lipinski definition) is 8. The van der Waals surface area contributed by atoms with E-state index in [0.29, 0.717) is 11.3 Å². The Labute approximate surface area is 207 Å². The van der Waals surface area contributed by atoms with E-state index < -0.39 is 0 Å². The smallest absolute Gasteiger partial charge is 0.182 e. The molecule has 0 amide bonds. The summed E-state index contributed by atoms with van der Waals surface area (Å²) in [6.45, 7) is 5.62. The minimum atomic E-state index is 0.677. The fourth-order valence-corrected chi connectivity index (χ4v) is 3.70. The molecule has 0 radical (unpaired) electrons. The largest absolute Gasteiger partial charge is 0.364 e. The Morgan fingerprint density at radius 2 is 1.19 bits per heavy atom. The summed E-state index contributed by atoms with van der Waals surface area (Å²) in [5.41, 5.74) is 7.98. The maximum absolute atomic E-state index is 4.22. The first-order valence-corrected chi connectivity index (χ1v) is 11.5. The van der Waals surface area contributed by atoms with Gasteiger partial charge in [0.05, 0.1) is 12.7 Å². The van der Waals surface area contributed by atoms with Gasteiger partial charge in [-0.2, -0.15) is 0 Å². The molecule has 10 heteroatoms. The van der Waals surface area contributed by atoms with Crippen LogP contribution in [0, 0.1) is 13.8 Å². The number of H-pyrrole nitrogens is 2. The Morgan fingerprint density at radius 3 is 1.78 bits per heavy atom. The van der Waals surface area contributed by atoms with Crippen molar-refractivity contribution in [1.82, 2.24) is 39.9 Å². The molecular weight excluding hydrogens is 452 g/mol. The maximum Gasteiger partial charge on any atom is 0.182 e. The summed E-state index contributed by atoms with van der Waals surface area (Å²) in [5.74, 6) is 1.55. The highest BCUT2D eigenvalue weighted by molar-refractivity contribution is 5.82. The first-order chi connectivity index (χ1) is 17.7. The molecule has 0 aliphatic rings. The van der Waals surface area contributed by atoms with Gasteiger partial charge in [-0.3, -0.25) is 0 Å². The zero-order chi connectivity index (χ0) is 24.7. The van der Waals surface area contributed by atoms with Crippen molar-refractivity contribution < 1.29 is 0 Å². The molecule has 0 aliphatic heterocycles. The normalized spacial score (nSPS) is 10.7. The predicted octanol–water partition coefficient (Wildman–Crippen LogP) is 4.55. The van der Waals surface area contributed by atoms with Gasteiger partial charge in [0, 0.05) is 13.1 Å². The van der Waals surface area contributed by atoms with Gasteiger partial charge in [0.2, 0.25) is 0 Å². The highest BCUT2D eigenvalue weighted by Crippen LogP contribution is 2.16. The van der Waals surface area contributed by atoms with Crippen molar-refractivity contribution in [2.45, 2.75) is 26.9 Å². The van der Waals surface area contributed by atoms with Crippen molar-refractivity contribution in [2.24, 2.45) is 0 Å². The lowest BCUT2D eigenvalue weighted by Crippen LogP contribution is -2.02. The van der Waals surface area contributed by atoms with Crippen molar-refractivity contribution in [3.8, 4) is 0 Å². The van der Waals surface area contributed by atoms with E-state index in [0.717, 1.165) is 35.8 Å². The van der Waals surface area contributed by atoms with E-state index in [2.05, 4.69) is 113 Å². The third kappa shape index (κ3) is 5.44.